The molecule has 0 radical (unpaired) electrons. The first-order chi connectivity index (χ1) is 8.83. The van der Waals surface area contributed by atoms with Gasteiger partial charge in [0.15, 0.2) is 0 Å². The molecule has 2 N–H and O–H groups in total. The van der Waals surface area contributed by atoms with Gasteiger partial charge in [0.2, 0.25) is 0 Å². The van der Waals surface area contributed by atoms with Gasteiger partial charge in [-0.1, -0.05) is 0 Å². The van der Waals surface area contributed by atoms with Gasteiger partial charge in [0.05, 0.1) is 24.5 Å². The zero-order chi connectivity index (χ0) is 12.4. The van der Waals surface area contributed by atoms with Crippen molar-refractivity contribution in [2.75, 3.05) is 0 Å². The number of aromatic amines is 1. The van der Waals surface area contributed by atoms with Crippen LogP contribution in [0.5, 0.6) is 0 Å². The van der Waals surface area contributed by atoms with Crippen molar-refractivity contribution in [3.05, 3.63) is 54.1 Å². The van der Waals surface area contributed by atoms with E-state index in [4.69, 9.17) is 4.42 Å². The number of furan rings is 1. The van der Waals surface area contributed by atoms with Crippen LogP contribution >= 0.6 is 0 Å². The molecule has 90 valence electrons. The number of nitrogens with zero attached hydrogens (tertiary/aromatic N) is 1. The van der Waals surface area contributed by atoms with Gasteiger partial charge in [0, 0.05) is 10.9 Å². The van der Waals surface area contributed by atoms with Gasteiger partial charge in [-0.3, -0.25) is 9.89 Å². The molecule has 0 bridgehead atoms. The molecule has 0 fully saturated rings. The third-order valence-corrected chi connectivity index (χ3v) is 2.71. The number of benzene rings is 1. The summed E-state index contributed by atoms with van der Waals surface area (Å²) in [5, 5.41) is 10.5. The van der Waals surface area contributed by atoms with Crippen molar-refractivity contribution in [3.8, 4) is 0 Å². The number of fused-ring (bicyclic) bond motifs is 1. The lowest BCUT2D eigenvalue weighted by atomic mass is 10.1. The highest BCUT2D eigenvalue weighted by atomic mass is 16.3. The molecule has 0 spiro atoms. The third kappa shape index (κ3) is 1.98. The molecule has 0 aliphatic rings. The largest absolute Gasteiger partial charge is 0.467 e. The molecule has 3 aromatic rings. The maximum Gasteiger partial charge on any atom is 0.251 e. The summed E-state index contributed by atoms with van der Waals surface area (Å²) < 4.78 is 5.15. The Morgan fingerprint density at radius 1 is 1.39 bits per heavy atom. The van der Waals surface area contributed by atoms with E-state index in [9.17, 15) is 4.79 Å². The number of amides is 1. The van der Waals surface area contributed by atoms with Gasteiger partial charge in [-0.15, -0.1) is 0 Å². The predicted octanol–water partition coefficient (Wildman–Crippen LogP) is 2.09. The minimum atomic E-state index is -0.130. The monoisotopic (exact) mass is 241 g/mol. The average molecular weight is 241 g/mol. The first kappa shape index (κ1) is 10.6. The fraction of sp³-hybridized carbons (Fsp3) is 0.0769. The van der Waals surface area contributed by atoms with Crippen LogP contribution in [0.15, 0.2) is 47.2 Å². The molecule has 1 amide bonds. The van der Waals surface area contributed by atoms with Crippen LogP contribution < -0.4 is 5.32 Å². The van der Waals surface area contributed by atoms with E-state index in [0.29, 0.717) is 12.1 Å². The smallest absolute Gasteiger partial charge is 0.251 e. The summed E-state index contributed by atoms with van der Waals surface area (Å²) in [6.45, 7) is 0.384. The first-order valence-corrected chi connectivity index (χ1v) is 5.56. The van der Waals surface area contributed by atoms with Gasteiger partial charge in [0.1, 0.15) is 5.76 Å². The van der Waals surface area contributed by atoms with E-state index in [1.165, 1.54) is 0 Å². The maximum absolute atomic E-state index is 11.9. The number of aromatic nitrogens is 2. The summed E-state index contributed by atoms with van der Waals surface area (Å²) in [7, 11) is 0. The van der Waals surface area contributed by atoms with Gasteiger partial charge < -0.3 is 9.73 Å². The fourth-order valence-electron chi connectivity index (χ4n) is 1.77. The van der Waals surface area contributed by atoms with Crippen molar-refractivity contribution in [2.45, 2.75) is 6.54 Å². The zero-order valence-corrected chi connectivity index (χ0v) is 9.51. The Morgan fingerprint density at radius 3 is 3.17 bits per heavy atom. The number of hydrogen-bond acceptors (Lipinski definition) is 3. The normalized spacial score (nSPS) is 10.7. The van der Waals surface area contributed by atoms with Crippen LogP contribution in [0.3, 0.4) is 0 Å². The van der Waals surface area contributed by atoms with Crippen LogP contribution in [0.4, 0.5) is 0 Å². The van der Waals surface area contributed by atoms with Crippen LogP contribution in [0, 0.1) is 0 Å². The predicted molar refractivity (Wildman–Crippen MR) is 66.0 cm³/mol. The lowest BCUT2D eigenvalue weighted by Gasteiger charge is -2.03. The molecule has 0 unspecified atom stereocenters. The second-order valence-electron chi connectivity index (χ2n) is 3.93. The summed E-state index contributed by atoms with van der Waals surface area (Å²) >= 11 is 0. The van der Waals surface area contributed by atoms with Crippen molar-refractivity contribution in [2.24, 2.45) is 0 Å². The topological polar surface area (TPSA) is 70.9 Å². The van der Waals surface area contributed by atoms with Crippen LogP contribution in [-0.4, -0.2) is 16.1 Å². The summed E-state index contributed by atoms with van der Waals surface area (Å²) in [6, 6.07) is 9.01. The van der Waals surface area contributed by atoms with Gasteiger partial charge in [0.25, 0.3) is 5.91 Å². The van der Waals surface area contributed by atoms with Gasteiger partial charge in [-0.25, -0.2) is 0 Å². The quantitative estimate of drug-likeness (QED) is 0.737. The standard InChI is InChI=1S/C13H11N3O2/c17-13(14-8-11-2-1-5-18-11)9-3-4-12-10(6-9)7-15-16-12/h1-7H,8H2,(H,14,17)(H,15,16). The van der Waals surface area contributed by atoms with Gasteiger partial charge in [-0.2, -0.15) is 5.10 Å². The van der Waals surface area contributed by atoms with E-state index in [1.807, 2.05) is 12.1 Å². The summed E-state index contributed by atoms with van der Waals surface area (Å²) in [4.78, 5) is 11.9. The molecule has 0 saturated carbocycles. The Kier molecular flexibility index (Phi) is 2.57. The highest BCUT2D eigenvalue weighted by Crippen LogP contribution is 2.12. The molecule has 5 heteroatoms. The van der Waals surface area contributed by atoms with E-state index in [2.05, 4.69) is 15.5 Å². The highest BCUT2D eigenvalue weighted by Gasteiger charge is 2.07. The molecule has 18 heavy (non-hydrogen) atoms. The lowest BCUT2D eigenvalue weighted by molar-refractivity contribution is 0.0948. The van der Waals surface area contributed by atoms with Crippen LogP contribution in [-0.2, 0) is 6.54 Å². The van der Waals surface area contributed by atoms with Crippen molar-refractivity contribution < 1.29 is 9.21 Å². The summed E-state index contributed by atoms with van der Waals surface area (Å²) in [5.74, 6) is 0.599. The van der Waals surface area contributed by atoms with Crippen molar-refractivity contribution >= 4 is 16.8 Å². The molecule has 2 aromatic heterocycles. The minimum Gasteiger partial charge on any atom is -0.467 e. The molecule has 0 aliphatic heterocycles. The Bertz CT molecular complexity index is 670. The summed E-state index contributed by atoms with van der Waals surface area (Å²) in [6.07, 6.45) is 3.28. The molecular weight excluding hydrogens is 230 g/mol. The SMILES string of the molecule is O=C(NCc1ccco1)c1ccc2[nH]ncc2c1. The number of carbonyl (C=O) groups is 1. The molecule has 0 aliphatic carbocycles. The molecule has 0 atom stereocenters. The zero-order valence-electron chi connectivity index (χ0n) is 9.51. The van der Waals surface area contributed by atoms with Crippen molar-refractivity contribution in [1.29, 1.82) is 0 Å². The first-order valence-electron chi connectivity index (χ1n) is 5.56. The van der Waals surface area contributed by atoms with Crippen LogP contribution in [0.2, 0.25) is 0 Å². The van der Waals surface area contributed by atoms with E-state index < -0.39 is 0 Å². The van der Waals surface area contributed by atoms with Crippen LogP contribution in [0.25, 0.3) is 10.9 Å². The van der Waals surface area contributed by atoms with Gasteiger partial charge >= 0.3 is 0 Å². The molecule has 3 rings (SSSR count). The Labute approximate surface area is 103 Å². The fourth-order valence-corrected chi connectivity index (χ4v) is 1.77. The number of carbonyl (C=O) groups excluding carboxylic acids is 1. The lowest BCUT2D eigenvalue weighted by Crippen LogP contribution is -2.22. The molecule has 2 heterocycles. The third-order valence-electron chi connectivity index (χ3n) is 2.71. The van der Waals surface area contributed by atoms with E-state index in [0.717, 1.165) is 16.7 Å². The Morgan fingerprint density at radius 2 is 2.33 bits per heavy atom. The van der Waals surface area contributed by atoms with Crippen molar-refractivity contribution in [1.82, 2.24) is 15.5 Å². The van der Waals surface area contributed by atoms with E-state index in [-0.39, 0.29) is 5.91 Å². The Hall–Kier alpha value is -2.56. The van der Waals surface area contributed by atoms with Crippen LogP contribution in [0.1, 0.15) is 16.1 Å². The summed E-state index contributed by atoms with van der Waals surface area (Å²) in [5.41, 5.74) is 1.52. The molecule has 5 nitrogen and oxygen atoms in total. The maximum atomic E-state index is 11.9. The molecular formula is C13H11N3O2. The van der Waals surface area contributed by atoms with E-state index >= 15 is 0 Å². The highest BCUT2D eigenvalue weighted by molar-refractivity contribution is 5.97. The van der Waals surface area contributed by atoms with E-state index in [1.54, 1.807) is 30.7 Å². The average Bonchev–Trinajstić information content (AvgIpc) is 3.05. The number of H-pyrrole nitrogens is 1. The second kappa shape index (κ2) is 4.37. The number of hydrogen-bond donors (Lipinski definition) is 2. The van der Waals surface area contributed by atoms with Gasteiger partial charge in [-0.05, 0) is 30.3 Å². The molecule has 1 aromatic carbocycles. The second-order valence-corrected chi connectivity index (χ2v) is 3.93. The molecule has 0 saturated heterocycles. The van der Waals surface area contributed by atoms with Crippen molar-refractivity contribution in [3.63, 3.8) is 0 Å². The Balaban J connectivity index is 1.75. The number of nitrogens with one attached hydrogen (secondary N) is 2. The number of rotatable bonds is 3. The minimum absolute atomic E-state index is 0.130.